The predicted molar refractivity (Wildman–Crippen MR) is 99.6 cm³/mol. The average Bonchev–Trinajstić information content (AvgIpc) is 2.63. The summed E-state index contributed by atoms with van der Waals surface area (Å²) in [5.74, 6) is 0.894. The zero-order valence-electron chi connectivity index (χ0n) is 14.8. The second kappa shape index (κ2) is 8.15. The number of carbonyl (C=O) groups excluding carboxylic acids is 1. The summed E-state index contributed by atoms with van der Waals surface area (Å²) in [7, 11) is 0. The van der Waals surface area contributed by atoms with Crippen LogP contribution in [0.1, 0.15) is 36.0 Å². The van der Waals surface area contributed by atoms with Crippen LogP contribution in [0, 0.1) is 12.8 Å². The highest BCUT2D eigenvalue weighted by Gasteiger charge is 2.22. The molecule has 0 atom stereocenters. The highest BCUT2D eigenvalue weighted by atomic mass is 16.2. The highest BCUT2D eigenvalue weighted by molar-refractivity contribution is 5.76. The Morgan fingerprint density at radius 2 is 1.76 bits per heavy atom. The van der Waals surface area contributed by atoms with Crippen molar-refractivity contribution in [1.29, 1.82) is 0 Å². The Balaban J connectivity index is 1.43. The van der Waals surface area contributed by atoms with Gasteiger partial charge in [-0.05, 0) is 49.7 Å². The van der Waals surface area contributed by atoms with Crippen molar-refractivity contribution in [2.75, 3.05) is 13.1 Å². The van der Waals surface area contributed by atoms with Gasteiger partial charge in [0, 0.05) is 31.8 Å². The van der Waals surface area contributed by atoms with Gasteiger partial charge in [0.2, 0.25) is 11.5 Å². The smallest absolute Gasteiger partial charge is 0.247 e. The fraction of sp³-hybridized carbons (Fsp3) is 0.429. The van der Waals surface area contributed by atoms with E-state index in [-0.39, 0.29) is 11.5 Å². The van der Waals surface area contributed by atoms with Crippen LogP contribution in [0.4, 0.5) is 0 Å². The molecule has 2 heterocycles. The molecule has 1 saturated heterocycles. The minimum Gasteiger partial charge on any atom is -0.343 e. The SMILES string of the molecule is Cc1ccc(CC2CCN(C(=O)CCc3ccc(=O)[nH]c3)CC2)cc1. The van der Waals surface area contributed by atoms with Crippen LogP contribution in [0.3, 0.4) is 0 Å². The van der Waals surface area contributed by atoms with Crippen molar-refractivity contribution >= 4 is 5.91 Å². The van der Waals surface area contributed by atoms with E-state index >= 15 is 0 Å². The topological polar surface area (TPSA) is 53.2 Å². The summed E-state index contributed by atoms with van der Waals surface area (Å²) in [6.45, 7) is 3.84. The number of rotatable bonds is 5. The van der Waals surface area contributed by atoms with E-state index in [4.69, 9.17) is 0 Å². The number of aromatic amines is 1. The van der Waals surface area contributed by atoms with E-state index in [1.807, 2.05) is 4.90 Å². The second-order valence-corrected chi connectivity index (χ2v) is 7.08. The molecule has 1 aliphatic heterocycles. The van der Waals surface area contributed by atoms with E-state index in [9.17, 15) is 9.59 Å². The Kier molecular flexibility index (Phi) is 5.69. The minimum absolute atomic E-state index is 0.106. The maximum atomic E-state index is 12.4. The van der Waals surface area contributed by atoms with Crippen molar-refractivity contribution in [2.45, 2.75) is 39.0 Å². The fourth-order valence-corrected chi connectivity index (χ4v) is 3.45. The molecule has 0 bridgehead atoms. The predicted octanol–water partition coefficient (Wildman–Crippen LogP) is 3.10. The lowest BCUT2D eigenvalue weighted by Crippen LogP contribution is -2.39. The Morgan fingerprint density at radius 3 is 2.40 bits per heavy atom. The largest absolute Gasteiger partial charge is 0.343 e. The molecule has 1 aliphatic rings. The van der Waals surface area contributed by atoms with Crippen molar-refractivity contribution < 1.29 is 4.79 Å². The molecule has 1 amide bonds. The highest BCUT2D eigenvalue weighted by Crippen LogP contribution is 2.22. The number of nitrogens with one attached hydrogen (secondary N) is 1. The average molecular weight is 338 g/mol. The van der Waals surface area contributed by atoms with Gasteiger partial charge in [0.05, 0.1) is 0 Å². The summed E-state index contributed by atoms with van der Waals surface area (Å²) in [6.07, 6.45) is 6.16. The van der Waals surface area contributed by atoms with E-state index < -0.39 is 0 Å². The Morgan fingerprint density at radius 1 is 1.08 bits per heavy atom. The first kappa shape index (κ1) is 17.5. The number of aryl methyl sites for hydroxylation is 2. The van der Waals surface area contributed by atoms with Crippen LogP contribution in [-0.2, 0) is 17.6 Å². The molecule has 132 valence electrons. The maximum Gasteiger partial charge on any atom is 0.247 e. The maximum absolute atomic E-state index is 12.4. The van der Waals surface area contributed by atoms with Gasteiger partial charge in [-0.25, -0.2) is 0 Å². The molecule has 2 aromatic rings. The Hall–Kier alpha value is -2.36. The van der Waals surface area contributed by atoms with Crippen LogP contribution in [0.2, 0.25) is 0 Å². The van der Waals surface area contributed by atoms with Gasteiger partial charge in [-0.1, -0.05) is 35.9 Å². The van der Waals surface area contributed by atoms with E-state index in [2.05, 4.69) is 36.2 Å². The van der Waals surface area contributed by atoms with Gasteiger partial charge in [-0.15, -0.1) is 0 Å². The number of aromatic nitrogens is 1. The number of benzene rings is 1. The molecule has 0 radical (unpaired) electrons. The van der Waals surface area contributed by atoms with Gasteiger partial charge >= 0.3 is 0 Å². The zero-order valence-corrected chi connectivity index (χ0v) is 14.8. The summed E-state index contributed by atoms with van der Waals surface area (Å²) in [4.78, 5) is 28.1. The number of piperidine rings is 1. The molecule has 0 saturated carbocycles. The molecule has 3 rings (SSSR count). The number of hydrogen-bond acceptors (Lipinski definition) is 2. The Labute approximate surface area is 148 Å². The van der Waals surface area contributed by atoms with Crippen molar-refractivity contribution in [3.63, 3.8) is 0 Å². The molecule has 1 aromatic heterocycles. The summed E-state index contributed by atoms with van der Waals surface area (Å²) < 4.78 is 0. The molecule has 1 aromatic carbocycles. The third kappa shape index (κ3) is 5.05. The lowest BCUT2D eigenvalue weighted by molar-refractivity contribution is -0.132. The lowest BCUT2D eigenvalue weighted by Gasteiger charge is -2.32. The summed E-state index contributed by atoms with van der Waals surface area (Å²) in [5.41, 5.74) is 3.59. The molecule has 1 fully saturated rings. The number of carbonyl (C=O) groups is 1. The number of nitrogens with zero attached hydrogens (tertiary/aromatic N) is 1. The van der Waals surface area contributed by atoms with E-state index in [1.54, 1.807) is 12.3 Å². The molecular formula is C21H26N2O2. The molecule has 4 nitrogen and oxygen atoms in total. The second-order valence-electron chi connectivity index (χ2n) is 7.08. The molecular weight excluding hydrogens is 312 g/mol. The van der Waals surface area contributed by atoms with Crippen molar-refractivity contribution in [3.8, 4) is 0 Å². The minimum atomic E-state index is -0.106. The molecule has 0 unspecified atom stereocenters. The number of likely N-dealkylation sites (tertiary alicyclic amines) is 1. The quantitative estimate of drug-likeness (QED) is 0.911. The van der Waals surface area contributed by atoms with Gasteiger partial charge in [-0.2, -0.15) is 0 Å². The molecule has 25 heavy (non-hydrogen) atoms. The van der Waals surface area contributed by atoms with Gasteiger partial charge in [0.1, 0.15) is 0 Å². The first-order valence-corrected chi connectivity index (χ1v) is 9.11. The first-order chi connectivity index (χ1) is 12.1. The summed E-state index contributed by atoms with van der Waals surface area (Å²) >= 11 is 0. The third-order valence-corrected chi connectivity index (χ3v) is 5.09. The van der Waals surface area contributed by atoms with Crippen molar-refractivity contribution in [2.24, 2.45) is 5.92 Å². The van der Waals surface area contributed by atoms with Crippen LogP contribution < -0.4 is 5.56 Å². The normalized spacial score (nSPS) is 15.3. The number of hydrogen-bond donors (Lipinski definition) is 1. The van der Waals surface area contributed by atoms with Gasteiger partial charge in [0.25, 0.3) is 0 Å². The molecule has 0 spiro atoms. The van der Waals surface area contributed by atoms with E-state index in [0.29, 0.717) is 18.8 Å². The number of pyridine rings is 1. The van der Waals surface area contributed by atoms with Gasteiger partial charge < -0.3 is 9.88 Å². The van der Waals surface area contributed by atoms with E-state index in [0.717, 1.165) is 37.9 Å². The number of amides is 1. The number of H-pyrrole nitrogens is 1. The van der Waals surface area contributed by atoms with Crippen molar-refractivity contribution in [3.05, 3.63) is 69.6 Å². The van der Waals surface area contributed by atoms with Crippen LogP contribution in [-0.4, -0.2) is 28.9 Å². The summed E-state index contributed by atoms with van der Waals surface area (Å²) in [6, 6.07) is 12.1. The monoisotopic (exact) mass is 338 g/mol. The zero-order chi connectivity index (χ0) is 17.6. The Bertz CT molecular complexity index is 736. The fourth-order valence-electron chi connectivity index (χ4n) is 3.45. The van der Waals surface area contributed by atoms with Crippen LogP contribution in [0.15, 0.2) is 47.4 Å². The van der Waals surface area contributed by atoms with Crippen LogP contribution in [0.5, 0.6) is 0 Å². The van der Waals surface area contributed by atoms with Crippen molar-refractivity contribution in [1.82, 2.24) is 9.88 Å². The molecule has 4 heteroatoms. The van der Waals surface area contributed by atoms with E-state index in [1.165, 1.54) is 17.2 Å². The first-order valence-electron chi connectivity index (χ1n) is 9.11. The lowest BCUT2D eigenvalue weighted by atomic mass is 9.90. The molecule has 0 aliphatic carbocycles. The third-order valence-electron chi connectivity index (χ3n) is 5.09. The van der Waals surface area contributed by atoms with Crippen LogP contribution in [0.25, 0.3) is 0 Å². The van der Waals surface area contributed by atoms with Crippen LogP contribution >= 0.6 is 0 Å². The van der Waals surface area contributed by atoms with Gasteiger partial charge in [-0.3, -0.25) is 9.59 Å². The van der Waals surface area contributed by atoms with Gasteiger partial charge in [0.15, 0.2) is 0 Å². The molecule has 1 N–H and O–H groups in total. The summed E-state index contributed by atoms with van der Waals surface area (Å²) in [5, 5.41) is 0. The standard InChI is InChI=1S/C21H26N2O2/c1-16-2-4-17(5-3-16)14-18-10-12-23(13-11-18)21(25)9-7-19-6-8-20(24)22-15-19/h2-6,8,15,18H,7,9-14H2,1H3,(H,22,24).